The molecule has 0 radical (unpaired) electrons. The lowest BCUT2D eigenvalue weighted by molar-refractivity contribution is 0.676. The first-order valence-electron chi connectivity index (χ1n) is 5.72. The maximum atomic E-state index is 6.13. The topological polar surface area (TPSA) is 24.9 Å². The van der Waals surface area contributed by atoms with Crippen LogP contribution in [0.4, 0.5) is 0 Å². The van der Waals surface area contributed by atoms with Crippen LogP contribution in [-0.4, -0.2) is 4.98 Å². The standard InChI is InChI=1S/C14H14BrClN2/c1-10-3-2-6-18-14(10)9-17-8-11-7-12(15)4-5-13(11)16/h2-7,17H,8-9H2,1H3. The molecular formula is C14H14BrClN2. The molecule has 18 heavy (non-hydrogen) atoms. The van der Waals surface area contributed by atoms with Crippen molar-refractivity contribution in [3.05, 3.63) is 62.8 Å². The zero-order valence-corrected chi connectivity index (χ0v) is 12.4. The SMILES string of the molecule is Cc1cccnc1CNCc1cc(Br)ccc1Cl. The second-order valence-corrected chi connectivity index (χ2v) is 5.43. The molecule has 0 aliphatic carbocycles. The average Bonchev–Trinajstić information content (AvgIpc) is 2.36. The van der Waals surface area contributed by atoms with Crippen molar-refractivity contribution in [3.8, 4) is 0 Å². The zero-order valence-electron chi connectivity index (χ0n) is 10.1. The summed E-state index contributed by atoms with van der Waals surface area (Å²) in [6.07, 6.45) is 1.82. The maximum absolute atomic E-state index is 6.13. The maximum Gasteiger partial charge on any atom is 0.0570 e. The molecule has 0 atom stereocenters. The van der Waals surface area contributed by atoms with Crippen LogP contribution >= 0.6 is 27.5 Å². The van der Waals surface area contributed by atoms with Crippen LogP contribution in [0.2, 0.25) is 5.02 Å². The van der Waals surface area contributed by atoms with Gasteiger partial charge in [-0.25, -0.2) is 0 Å². The molecular weight excluding hydrogens is 312 g/mol. The lowest BCUT2D eigenvalue weighted by atomic mass is 10.2. The number of hydrogen-bond donors (Lipinski definition) is 1. The molecule has 1 aromatic heterocycles. The first-order chi connectivity index (χ1) is 8.66. The molecule has 0 spiro atoms. The first kappa shape index (κ1) is 13.5. The zero-order chi connectivity index (χ0) is 13.0. The van der Waals surface area contributed by atoms with Gasteiger partial charge in [-0.3, -0.25) is 4.98 Å². The molecule has 1 heterocycles. The minimum absolute atomic E-state index is 0.730. The Balaban J connectivity index is 1.96. The van der Waals surface area contributed by atoms with E-state index in [1.165, 1.54) is 5.56 Å². The van der Waals surface area contributed by atoms with E-state index in [2.05, 4.69) is 39.2 Å². The summed E-state index contributed by atoms with van der Waals surface area (Å²) in [4.78, 5) is 4.34. The van der Waals surface area contributed by atoms with Crippen molar-refractivity contribution < 1.29 is 0 Å². The van der Waals surface area contributed by atoms with Crippen LogP contribution in [0.5, 0.6) is 0 Å². The third-order valence-corrected chi connectivity index (χ3v) is 3.60. The highest BCUT2D eigenvalue weighted by atomic mass is 79.9. The van der Waals surface area contributed by atoms with Gasteiger partial charge < -0.3 is 5.32 Å². The van der Waals surface area contributed by atoms with Gasteiger partial charge in [0.15, 0.2) is 0 Å². The van der Waals surface area contributed by atoms with Gasteiger partial charge in [0.25, 0.3) is 0 Å². The molecule has 0 saturated carbocycles. The van der Waals surface area contributed by atoms with E-state index in [-0.39, 0.29) is 0 Å². The highest BCUT2D eigenvalue weighted by molar-refractivity contribution is 9.10. The Kier molecular flexibility index (Phi) is 4.75. The fraction of sp³-hybridized carbons (Fsp3) is 0.214. The van der Waals surface area contributed by atoms with Gasteiger partial charge in [-0.1, -0.05) is 33.6 Å². The van der Waals surface area contributed by atoms with Gasteiger partial charge in [0.2, 0.25) is 0 Å². The monoisotopic (exact) mass is 324 g/mol. The van der Waals surface area contributed by atoms with Crippen molar-refractivity contribution in [2.45, 2.75) is 20.0 Å². The van der Waals surface area contributed by atoms with Gasteiger partial charge in [0.1, 0.15) is 0 Å². The number of benzene rings is 1. The van der Waals surface area contributed by atoms with Gasteiger partial charge in [0, 0.05) is 28.8 Å². The van der Waals surface area contributed by atoms with Gasteiger partial charge in [-0.05, 0) is 42.3 Å². The number of hydrogen-bond acceptors (Lipinski definition) is 2. The Morgan fingerprint density at radius 1 is 1.28 bits per heavy atom. The van der Waals surface area contributed by atoms with E-state index in [1.807, 2.05) is 30.5 Å². The van der Waals surface area contributed by atoms with Crippen molar-refractivity contribution in [1.82, 2.24) is 10.3 Å². The molecule has 0 amide bonds. The molecule has 0 aliphatic rings. The van der Waals surface area contributed by atoms with Crippen LogP contribution in [0.25, 0.3) is 0 Å². The molecule has 1 aromatic carbocycles. The van der Waals surface area contributed by atoms with Crippen LogP contribution in [0.1, 0.15) is 16.8 Å². The van der Waals surface area contributed by atoms with Gasteiger partial charge >= 0.3 is 0 Å². The van der Waals surface area contributed by atoms with E-state index in [0.29, 0.717) is 0 Å². The predicted octanol–water partition coefficient (Wildman–Crippen LogP) is 4.10. The molecule has 4 heteroatoms. The van der Waals surface area contributed by atoms with Crippen molar-refractivity contribution in [2.24, 2.45) is 0 Å². The average molecular weight is 326 g/mol. The first-order valence-corrected chi connectivity index (χ1v) is 6.89. The normalized spacial score (nSPS) is 10.6. The summed E-state index contributed by atoms with van der Waals surface area (Å²) in [7, 11) is 0. The fourth-order valence-corrected chi connectivity index (χ4v) is 2.29. The molecule has 2 aromatic rings. The lowest BCUT2D eigenvalue weighted by Crippen LogP contribution is -2.14. The Labute approximate surface area is 121 Å². The number of pyridine rings is 1. The third kappa shape index (κ3) is 3.55. The summed E-state index contributed by atoms with van der Waals surface area (Å²) in [5.74, 6) is 0. The number of rotatable bonds is 4. The minimum atomic E-state index is 0.730. The summed E-state index contributed by atoms with van der Waals surface area (Å²) in [5, 5.41) is 4.14. The molecule has 0 aliphatic heterocycles. The number of aromatic nitrogens is 1. The van der Waals surface area contributed by atoms with E-state index in [4.69, 9.17) is 11.6 Å². The quantitative estimate of drug-likeness (QED) is 0.915. The van der Waals surface area contributed by atoms with E-state index in [1.54, 1.807) is 0 Å². The Morgan fingerprint density at radius 3 is 2.89 bits per heavy atom. The van der Waals surface area contributed by atoms with Crippen LogP contribution in [0, 0.1) is 6.92 Å². The van der Waals surface area contributed by atoms with Gasteiger partial charge in [0.05, 0.1) is 5.69 Å². The fourth-order valence-electron chi connectivity index (χ4n) is 1.70. The van der Waals surface area contributed by atoms with Gasteiger partial charge in [-0.2, -0.15) is 0 Å². The molecule has 2 rings (SSSR count). The molecule has 2 nitrogen and oxygen atoms in total. The van der Waals surface area contributed by atoms with Gasteiger partial charge in [-0.15, -0.1) is 0 Å². The highest BCUT2D eigenvalue weighted by Crippen LogP contribution is 2.20. The van der Waals surface area contributed by atoms with Crippen molar-refractivity contribution in [2.75, 3.05) is 0 Å². The Bertz CT molecular complexity index is 543. The summed E-state index contributed by atoms with van der Waals surface area (Å²) in [6, 6.07) is 9.88. The molecule has 0 unspecified atom stereocenters. The van der Waals surface area contributed by atoms with Crippen molar-refractivity contribution in [1.29, 1.82) is 0 Å². The number of halogens is 2. The van der Waals surface area contributed by atoms with E-state index < -0.39 is 0 Å². The summed E-state index contributed by atoms with van der Waals surface area (Å²) < 4.78 is 1.04. The van der Waals surface area contributed by atoms with Crippen LogP contribution in [-0.2, 0) is 13.1 Å². The largest absolute Gasteiger partial charge is 0.307 e. The van der Waals surface area contributed by atoms with Crippen LogP contribution in [0.15, 0.2) is 41.0 Å². The Hall–Kier alpha value is -0.900. The lowest BCUT2D eigenvalue weighted by Gasteiger charge is -2.08. The predicted molar refractivity (Wildman–Crippen MR) is 78.7 cm³/mol. The van der Waals surface area contributed by atoms with Crippen LogP contribution in [0.3, 0.4) is 0 Å². The number of nitrogens with zero attached hydrogens (tertiary/aromatic N) is 1. The summed E-state index contributed by atoms with van der Waals surface area (Å²) in [6.45, 7) is 3.54. The highest BCUT2D eigenvalue weighted by Gasteiger charge is 2.02. The van der Waals surface area contributed by atoms with E-state index in [0.717, 1.165) is 33.8 Å². The molecule has 0 saturated heterocycles. The summed E-state index contributed by atoms with van der Waals surface area (Å²) in [5.41, 5.74) is 3.36. The number of nitrogens with one attached hydrogen (secondary N) is 1. The summed E-state index contributed by atoms with van der Waals surface area (Å²) >= 11 is 9.58. The Morgan fingerprint density at radius 2 is 2.11 bits per heavy atom. The second kappa shape index (κ2) is 6.32. The van der Waals surface area contributed by atoms with Crippen LogP contribution < -0.4 is 5.32 Å². The van der Waals surface area contributed by atoms with E-state index >= 15 is 0 Å². The molecule has 0 fully saturated rings. The second-order valence-electron chi connectivity index (χ2n) is 4.11. The van der Waals surface area contributed by atoms with Crippen molar-refractivity contribution in [3.63, 3.8) is 0 Å². The van der Waals surface area contributed by atoms with E-state index in [9.17, 15) is 0 Å². The number of aryl methyl sites for hydroxylation is 1. The molecule has 0 bridgehead atoms. The minimum Gasteiger partial charge on any atom is -0.307 e. The smallest absolute Gasteiger partial charge is 0.0570 e. The third-order valence-electron chi connectivity index (χ3n) is 2.73. The molecule has 94 valence electrons. The molecule has 1 N–H and O–H groups in total. The van der Waals surface area contributed by atoms with Crippen molar-refractivity contribution >= 4 is 27.5 Å².